The van der Waals surface area contributed by atoms with Crippen LogP contribution in [0.2, 0.25) is 5.02 Å². The summed E-state index contributed by atoms with van der Waals surface area (Å²) >= 11 is 6.13. The van der Waals surface area contributed by atoms with E-state index in [0.717, 1.165) is 12.0 Å². The number of aliphatic hydroxyl groups is 1. The first-order chi connectivity index (χ1) is 17.0. The first kappa shape index (κ1) is 24.9. The van der Waals surface area contributed by atoms with Gasteiger partial charge in [-0.25, -0.2) is 4.39 Å². The highest BCUT2D eigenvalue weighted by Gasteiger charge is 2.34. The molecule has 8 heteroatoms. The second kappa shape index (κ2) is 11.5. The van der Waals surface area contributed by atoms with Gasteiger partial charge in [0.2, 0.25) is 0 Å². The van der Waals surface area contributed by atoms with Crippen LogP contribution in [0, 0.1) is 17.1 Å². The predicted octanol–water partition coefficient (Wildman–Crippen LogP) is 5.13. The predicted molar refractivity (Wildman–Crippen MR) is 134 cm³/mol. The van der Waals surface area contributed by atoms with E-state index in [9.17, 15) is 5.11 Å². The lowest BCUT2D eigenvalue weighted by molar-refractivity contribution is 0.1000. The minimum atomic E-state index is -0.339. The lowest BCUT2D eigenvalue weighted by Gasteiger charge is -2.45. The maximum atomic E-state index is 15.2. The van der Waals surface area contributed by atoms with Gasteiger partial charge in [-0.3, -0.25) is 9.88 Å². The Bertz CT molecular complexity index is 1170. The van der Waals surface area contributed by atoms with Crippen molar-refractivity contribution in [2.24, 2.45) is 0 Å². The zero-order valence-corrected chi connectivity index (χ0v) is 20.3. The third kappa shape index (κ3) is 5.73. The molecule has 0 spiro atoms. The Morgan fingerprint density at radius 2 is 2.00 bits per heavy atom. The van der Waals surface area contributed by atoms with Crippen LogP contribution in [0.5, 0.6) is 5.75 Å². The number of hydrogen-bond donors (Lipinski definition) is 1. The number of anilines is 1. The van der Waals surface area contributed by atoms with E-state index in [1.165, 1.54) is 12.3 Å². The number of hydrogen-bond acceptors (Lipinski definition) is 6. The summed E-state index contributed by atoms with van der Waals surface area (Å²) in [5, 5.41) is 19.9. The highest BCUT2D eigenvalue weighted by Crippen LogP contribution is 2.36. The zero-order chi connectivity index (χ0) is 24.8. The summed E-state index contributed by atoms with van der Waals surface area (Å²) in [7, 11) is 0. The maximum absolute atomic E-state index is 15.2. The minimum absolute atomic E-state index is 0.121. The number of nitriles is 1. The molecule has 3 aromatic rings. The quantitative estimate of drug-likeness (QED) is 0.468. The summed E-state index contributed by atoms with van der Waals surface area (Å²) in [6.45, 7) is 4.12. The lowest BCUT2D eigenvalue weighted by atomic mass is 9.99. The third-order valence-electron chi connectivity index (χ3n) is 6.24. The van der Waals surface area contributed by atoms with Crippen molar-refractivity contribution in [3.8, 4) is 11.8 Å². The summed E-state index contributed by atoms with van der Waals surface area (Å²) in [5.74, 6) is 0.181. The third-order valence-corrected chi connectivity index (χ3v) is 6.49. The van der Waals surface area contributed by atoms with E-state index in [1.54, 1.807) is 24.3 Å². The van der Waals surface area contributed by atoms with Gasteiger partial charge < -0.3 is 14.7 Å². The Balaban J connectivity index is 1.64. The van der Waals surface area contributed by atoms with Gasteiger partial charge in [0.15, 0.2) is 0 Å². The van der Waals surface area contributed by atoms with E-state index in [0.29, 0.717) is 54.0 Å². The molecule has 0 bridgehead atoms. The summed E-state index contributed by atoms with van der Waals surface area (Å²) < 4.78 is 20.8. The van der Waals surface area contributed by atoms with Crippen LogP contribution in [0.25, 0.3) is 0 Å². The fourth-order valence-electron chi connectivity index (χ4n) is 4.44. The van der Waals surface area contributed by atoms with Crippen LogP contribution in [0.4, 0.5) is 10.1 Å². The Hall–Kier alpha value is -3.18. The van der Waals surface area contributed by atoms with Crippen molar-refractivity contribution in [3.63, 3.8) is 0 Å². The minimum Gasteiger partial charge on any atom is -0.493 e. The van der Waals surface area contributed by atoms with Gasteiger partial charge in [0, 0.05) is 36.9 Å². The fourth-order valence-corrected chi connectivity index (χ4v) is 4.57. The molecule has 0 amide bonds. The zero-order valence-electron chi connectivity index (χ0n) is 19.6. The molecule has 182 valence electrons. The van der Waals surface area contributed by atoms with Gasteiger partial charge in [0.1, 0.15) is 17.6 Å². The number of aliphatic hydroxyl groups excluding tert-OH is 1. The van der Waals surface area contributed by atoms with Crippen molar-refractivity contribution >= 4 is 17.3 Å². The Kier molecular flexibility index (Phi) is 8.19. The van der Waals surface area contributed by atoms with Gasteiger partial charge in [-0.2, -0.15) is 5.26 Å². The number of rotatable bonds is 8. The molecule has 1 aliphatic heterocycles. The second-order valence-electron chi connectivity index (χ2n) is 8.50. The normalized spacial score (nSPS) is 17.1. The molecule has 35 heavy (non-hydrogen) atoms. The molecule has 2 aromatic carbocycles. The summed E-state index contributed by atoms with van der Waals surface area (Å²) in [5.41, 5.74) is 2.66. The number of nitrogens with zero attached hydrogens (tertiary/aromatic N) is 4. The lowest BCUT2D eigenvalue weighted by Crippen LogP contribution is -2.50. The van der Waals surface area contributed by atoms with Gasteiger partial charge in [0.05, 0.1) is 42.2 Å². The van der Waals surface area contributed by atoms with E-state index in [-0.39, 0.29) is 24.5 Å². The molecule has 2 heterocycles. The SMILES string of the molecule is CCCOc1ccc(N2CCN([C@H](CO)c3ccc(C#N)cn3)C[C@H]2c2ccc(Cl)cc2)c(F)c1. The van der Waals surface area contributed by atoms with Gasteiger partial charge in [-0.1, -0.05) is 30.7 Å². The summed E-state index contributed by atoms with van der Waals surface area (Å²) in [4.78, 5) is 8.61. The number of benzene rings is 2. The monoisotopic (exact) mass is 494 g/mol. The highest BCUT2D eigenvalue weighted by molar-refractivity contribution is 6.30. The largest absolute Gasteiger partial charge is 0.493 e. The molecule has 2 atom stereocenters. The number of piperazine rings is 1. The standard InChI is InChI=1S/C27H28ClFN4O2/c1-2-13-35-22-8-10-25(23(29)14-22)33-12-11-32(17-26(33)20-4-6-21(28)7-5-20)27(18-34)24-9-3-19(15-30)16-31-24/h3-10,14,16,26-27,34H,2,11-13,17-18H2,1H3/t26-,27+/m0/s1. The number of halogens is 2. The molecular weight excluding hydrogens is 467 g/mol. The maximum Gasteiger partial charge on any atom is 0.150 e. The number of aromatic nitrogens is 1. The average Bonchev–Trinajstić information content (AvgIpc) is 2.89. The molecule has 0 saturated carbocycles. The van der Waals surface area contributed by atoms with Crippen molar-refractivity contribution in [2.75, 3.05) is 37.7 Å². The molecule has 1 fully saturated rings. The number of ether oxygens (including phenoxy) is 1. The van der Waals surface area contributed by atoms with Gasteiger partial charge in [-0.05, 0) is 48.4 Å². The Morgan fingerprint density at radius 1 is 1.20 bits per heavy atom. The van der Waals surface area contributed by atoms with Crippen LogP contribution in [0.15, 0.2) is 60.8 Å². The Morgan fingerprint density at radius 3 is 2.63 bits per heavy atom. The van der Waals surface area contributed by atoms with E-state index in [1.807, 2.05) is 31.2 Å². The first-order valence-electron chi connectivity index (χ1n) is 11.7. The highest BCUT2D eigenvalue weighted by atomic mass is 35.5. The summed E-state index contributed by atoms with van der Waals surface area (Å²) in [6, 6.07) is 17.6. The van der Waals surface area contributed by atoms with Crippen LogP contribution in [0.1, 0.15) is 42.2 Å². The van der Waals surface area contributed by atoms with Crippen molar-refractivity contribution in [1.29, 1.82) is 5.26 Å². The molecule has 1 saturated heterocycles. The topological polar surface area (TPSA) is 72.6 Å². The molecule has 0 aliphatic carbocycles. The Labute approximate surface area is 210 Å². The van der Waals surface area contributed by atoms with E-state index in [4.69, 9.17) is 21.6 Å². The molecule has 0 unspecified atom stereocenters. The first-order valence-corrected chi connectivity index (χ1v) is 12.1. The van der Waals surface area contributed by atoms with Crippen LogP contribution in [-0.4, -0.2) is 47.8 Å². The smallest absolute Gasteiger partial charge is 0.150 e. The van der Waals surface area contributed by atoms with Crippen LogP contribution in [-0.2, 0) is 0 Å². The van der Waals surface area contributed by atoms with Crippen LogP contribution < -0.4 is 9.64 Å². The van der Waals surface area contributed by atoms with Crippen molar-refractivity contribution < 1.29 is 14.2 Å². The van der Waals surface area contributed by atoms with E-state index in [2.05, 4.69) is 20.9 Å². The molecule has 1 aromatic heterocycles. The van der Waals surface area contributed by atoms with Gasteiger partial charge in [-0.15, -0.1) is 0 Å². The molecule has 1 N–H and O–H groups in total. The number of pyridine rings is 1. The second-order valence-corrected chi connectivity index (χ2v) is 8.94. The summed E-state index contributed by atoms with van der Waals surface area (Å²) in [6.07, 6.45) is 2.37. The molecule has 4 rings (SSSR count). The fraction of sp³-hybridized carbons (Fsp3) is 0.333. The molecular formula is C27H28ClFN4O2. The van der Waals surface area contributed by atoms with E-state index < -0.39 is 0 Å². The molecule has 6 nitrogen and oxygen atoms in total. The van der Waals surface area contributed by atoms with Crippen molar-refractivity contribution in [1.82, 2.24) is 9.88 Å². The molecule has 0 radical (unpaired) electrons. The van der Waals surface area contributed by atoms with Gasteiger partial charge >= 0.3 is 0 Å². The van der Waals surface area contributed by atoms with Crippen LogP contribution >= 0.6 is 11.6 Å². The van der Waals surface area contributed by atoms with Gasteiger partial charge in [0.25, 0.3) is 0 Å². The van der Waals surface area contributed by atoms with Crippen molar-refractivity contribution in [2.45, 2.75) is 25.4 Å². The van der Waals surface area contributed by atoms with E-state index >= 15 is 4.39 Å². The van der Waals surface area contributed by atoms with Crippen LogP contribution in [0.3, 0.4) is 0 Å². The van der Waals surface area contributed by atoms with Crippen molar-refractivity contribution in [3.05, 3.63) is 88.5 Å². The average molecular weight is 495 g/mol. The molecule has 1 aliphatic rings.